The van der Waals surface area contributed by atoms with Crippen LogP contribution in [0.5, 0.6) is 5.75 Å². The molecule has 1 fully saturated rings. The Labute approximate surface area is 185 Å². The largest absolute Gasteiger partial charge is 0.497 e. The Kier molecular flexibility index (Phi) is 6.42. The first-order valence-corrected chi connectivity index (χ1v) is 10.6. The van der Waals surface area contributed by atoms with Crippen molar-refractivity contribution in [2.45, 2.75) is 25.3 Å². The van der Waals surface area contributed by atoms with Gasteiger partial charge in [-0.05, 0) is 54.8 Å². The maximum Gasteiger partial charge on any atom is 0.224 e. The third-order valence-corrected chi connectivity index (χ3v) is 5.83. The van der Waals surface area contributed by atoms with Crippen molar-refractivity contribution < 1.29 is 13.9 Å². The van der Waals surface area contributed by atoms with Gasteiger partial charge in [-0.1, -0.05) is 17.7 Å². The van der Waals surface area contributed by atoms with Gasteiger partial charge in [0.15, 0.2) is 5.82 Å². The maximum absolute atomic E-state index is 14.0. The summed E-state index contributed by atoms with van der Waals surface area (Å²) in [5.41, 5.74) is 2.16. The zero-order valence-electron chi connectivity index (χ0n) is 17.2. The van der Waals surface area contributed by atoms with Gasteiger partial charge in [0.05, 0.1) is 19.2 Å². The van der Waals surface area contributed by atoms with E-state index >= 15 is 0 Å². The smallest absolute Gasteiger partial charge is 0.224 e. The van der Waals surface area contributed by atoms with Gasteiger partial charge >= 0.3 is 0 Å². The number of carbonyl (C=O) groups excluding carboxylic acids is 1. The van der Waals surface area contributed by atoms with Crippen LogP contribution in [0.1, 0.15) is 18.4 Å². The fraction of sp³-hybridized carbons (Fsp3) is 0.304. The molecule has 4 rings (SSSR count). The third-order valence-electron chi connectivity index (χ3n) is 5.47. The molecule has 8 heteroatoms. The van der Waals surface area contributed by atoms with Gasteiger partial charge in [0.1, 0.15) is 11.6 Å². The van der Waals surface area contributed by atoms with E-state index in [2.05, 4.69) is 20.4 Å². The molecule has 2 aromatic carbocycles. The molecular weight excluding hydrogens is 419 g/mol. The number of methoxy groups -OCH3 is 1. The molecule has 1 saturated heterocycles. The lowest BCUT2D eigenvalue weighted by Gasteiger charge is -2.33. The molecule has 0 spiro atoms. The Hall–Kier alpha value is -3.06. The second-order valence-electron chi connectivity index (χ2n) is 7.60. The maximum atomic E-state index is 14.0. The molecule has 1 aliphatic rings. The quantitative estimate of drug-likeness (QED) is 0.600. The first-order chi connectivity index (χ1) is 15.0. The molecule has 1 amide bonds. The summed E-state index contributed by atoms with van der Waals surface area (Å²) >= 11 is 6.04. The average molecular weight is 443 g/mol. The van der Waals surface area contributed by atoms with Gasteiger partial charge in [-0.25, -0.2) is 4.39 Å². The molecule has 0 saturated carbocycles. The molecule has 0 aliphatic carbocycles. The van der Waals surface area contributed by atoms with Crippen LogP contribution < -0.4 is 15.0 Å². The van der Waals surface area contributed by atoms with Crippen LogP contribution in [0.4, 0.5) is 10.2 Å². The SMILES string of the molecule is COc1ccc(-c2cc(N3CCC[C@H](NC(=O)Cc4c(F)cccc4Cl)C3)n[nH]2)cc1. The second-order valence-corrected chi connectivity index (χ2v) is 8.01. The fourth-order valence-electron chi connectivity index (χ4n) is 3.84. The van der Waals surface area contributed by atoms with Crippen molar-refractivity contribution in [3.63, 3.8) is 0 Å². The molecule has 31 heavy (non-hydrogen) atoms. The Balaban J connectivity index is 1.38. The number of nitrogens with zero attached hydrogens (tertiary/aromatic N) is 2. The molecule has 1 aromatic heterocycles. The van der Waals surface area contributed by atoms with E-state index in [-0.39, 0.29) is 29.0 Å². The van der Waals surface area contributed by atoms with E-state index in [9.17, 15) is 9.18 Å². The number of benzene rings is 2. The van der Waals surface area contributed by atoms with Gasteiger partial charge in [0.25, 0.3) is 0 Å². The van der Waals surface area contributed by atoms with Crippen LogP contribution in [0.15, 0.2) is 48.5 Å². The van der Waals surface area contributed by atoms with Crippen molar-refractivity contribution in [2.75, 3.05) is 25.1 Å². The topological polar surface area (TPSA) is 70.2 Å². The predicted octanol–water partition coefficient (Wildman–Crippen LogP) is 4.21. The zero-order valence-corrected chi connectivity index (χ0v) is 18.0. The van der Waals surface area contributed by atoms with Crippen molar-refractivity contribution in [1.29, 1.82) is 0 Å². The number of hydrogen-bond acceptors (Lipinski definition) is 4. The highest BCUT2D eigenvalue weighted by Gasteiger charge is 2.24. The number of rotatable bonds is 6. The van der Waals surface area contributed by atoms with E-state index in [1.165, 1.54) is 12.1 Å². The summed E-state index contributed by atoms with van der Waals surface area (Å²) in [7, 11) is 1.64. The van der Waals surface area contributed by atoms with E-state index in [0.717, 1.165) is 42.2 Å². The van der Waals surface area contributed by atoms with Gasteiger partial charge in [-0.2, -0.15) is 5.10 Å². The van der Waals surface area contributed by atoms with Crippen LogP contribution in [0.25, 0.3) is 11.3 Å². The molecule has 2 N–H and O–H groups in total. The molecule has 162 valence electrons. The van der Waals surface area contributed by atoms with Gasteiger partial charge < -0.3 is 15.0 Å². The molecule has 0 bridgehead atoms. The molecule has 6 nitrogen and oxygen atoms in total. The van der Waals surface area contributed by atoms with Crippen LogP contribution >= 0.6 is 11.6 Å². The predicted molar refractivity (Wildman–Crippen MR) is 119 cm³/mol. The second kappa shape index (κ2) is 9.39. The molecule has 1 atom stereocenters. The normalized spacial score (nSPS) is 16.2. The monoisotopic (exact) mass is 442 g/mol. The molecule has 3 aromatic rings. The van der Waals surface area contributed by atoms with Gasteiger partial charge in [-0.15, -0.1) is 0 Å². The molecule has 0 radical (unpaired) electrons. The summed E-state index contributed by atoms with van der Waals surface area (Å²) in [5.74, 6) is 0.937. The van der Waals surface area contributed by atoms with Gasteiger partial charge in [-0.3, -0.25) is 9.89 Å². The van der Waals surface area contributed by atoms with Crippen molar-refractivity contribution >= 4 is 23.3 Å². The summed E-state index contributed by atoms with van der Waals surface area (Å²) in [4.78, 5) is 14.6. The number of piperidine rings is 1. The lowest BCUT2D eigenvalue weighted by atomic mass is 10.0. The Bertz CT molecular complexity index is 1030. The summed E-state index contributed by atoms with van der Waals surface area (Å²) < 4.78 is 19.2. The summed E-state index contributed by atoms with van der Waals surface area (Å²) in [6, 6.07) is 14.2. The summed E-state index contributed by atoms with van der Waals surface area (Å²) in [5, 5.41) is 10.8. The standard InChI is InChI=1S/C23H24ClFN4O2/c1-31-17-9-7-15(8-10-17)21-13-22(28-27-21)29-11-3-4-16(14-29)26-23(30)12-18-19(24)5-2-6-20(18)25/h2,5-10,13,16H,3-4,11-12,14H2,1H3,(H,26,30)(H,27,28)/t16-/m0/s1. The van der Waals surface area contributed by atoms with Crippen LogP contribution in [0, 0.1) is 5.82 Å². The van der Waals surface area contributed by atoms with Gasteiger partial charge in [0, 0.05) is 35.8 Å². The molecule has 1 aliphatic heterocycles. The number of aromatic nitrogens is 2. The van der Waals surface area contributed by atoms with Crippen LogP contribution in [0.3, 0.4) is 0 Å². The Morgan fingerprint density at radius 1 is 1.32 bits per heavy atom. The van der Waals surface area contributed by atoms with Crippen molar-refractivity contribution in [3.05, 3.63) is 64.9 Å². The van der Waals surface area contributed by atoms with Crippen LogP contribution in [-0.4, -0.2) is 42.3 Å². The molecule has 2 heterocycles. The molecular formula is C23H24ClFN4O2. The Morgan fingerprint density at radius 3 is 2.87 bits per heavy atom. The zero-order chi connectivity index (χ0) is 21.8. The first kappa shape index (κ1) is 21.2. The van der Waals surface area contributed by atoms with E-state index < -0.39 is 5.82 Å². The highest BCUT2D eigenvalue weighted by Crippen LogP contribution is 2.26. The number of ether oxygens (including phenoxy) is 1. The molecule has 0 unspecified atom stereocenters. The summed E-state index contributed by atoms with van der Waals surface area (Å²) in [6.45, 7) is 1.50. The number of amides is 1. The minimum atomic E-state index is -0.462. The first-order valence-electron chi connectivity index (χ1n) is 10.2. The lowest BCUT2D eigenvalue weighted by molar-refractivity contribution is -0.121. The average Bonchev–Trinajstić information content (AvgIpc) is 3.27. The minimum absolute atomic E-state index is 0.0343. The van der Waals surface area contributed by atoms with E-state index in [0.29, 0.717) is 6.54 Å². The number of carbonyl (C=O) groups is 1. The highest BCUT2D eigenvalue weighted by atomic mass is 35.5. The van der Waals surface area contributed by atoms with Crippen molar-refractivity contribution in [1.82, 2.24) is 15.5 Å². The lowest BCUT2D eigenvalue weighted by Crippen LogP contribution is -2.48. The number of hydrogen-bond donors (Lipinski definition) is 2. The number of halogens is 2. The van der Waals surface area contributed by atoms with Gasteiger partial charge in [0.2, 0.25) is 5.91 Å². The number of H-pyrrole nitrogens is 1. The van der Waals surface area contributed by atoms with Crippen molar-refractivity contribution in [3.8, 4) is 17.0 Å². The van der Waals surface area contributed by atoms with E-state index in [1.54, 1.807) is 13.2 Å². The van der Waals surface area contributed by atoms with Crippen LogP contribution in [0.2, 0.25) is 5.02 Å². The van der Waals surface area contributed by atoms with E-state index in [4.69, 9.17) is 16.3 Å². The Morgan fingerprint density at radius 2 is 2.13 bits per heavy atom. The fourth-order valence-corrected chi connectivity index (χ4v) is 4.06. The highest BCUT2D eigenvalue weighted by molar-refractivity contribution is 6.31. The van der Waals surface area contributed by atoms with E-state index in [1.807, 2.05) is 30.3 Å². The number of anilines is 1. The third kappa shape index (κ3) is 4.99. The number of nitrogens with one attached hydrogen (secondary N) is 2. The summed E-state index contributed by atoms with van der Waals surface area (Å²) in [6.07, 6.45) is 1.71. The van der Waals surface area contributed by atoms with Crippen molar-refractivity contribution in [2.24, 2.45) is 0 Å². The number of aromatic amines is 1. The van der Waals surface area contributed by atoms with Crippen LogP contribution in [-0.2, 0) is 11.2 Å². The minimum Gasteiger partial charge on any atom is -0.497 e.